The second-order valence-electron chi connectivity index (χ2n) is 12.8. The predicted octanol–water partition coefficient (Wildman–Crippen LogP) is 6.86. The Kier molecular flexibility index (Phi) is 12.5. The van der Waals surface area contributed by atoms with Gasteiger partial charge >= 0.3 is 24.3 Å². The molecular formula is C38H36F6N5O5+. The van der Waals surface area contributed by atoms with Crippen LogP contribution in [0, 0.1) is 5.41 Å². The van der Waals surface area contributed by atoms with Gasteiger partial charge in [-0.25, -0.2) is 9.59 Å². The number of halogens is 6. The highest BCUT2D eigenvalue weighted by Crippen LogP contribution is 2.27. The van der Waals surface area contributed by atoms with E-state index < -0.39 is 24.3 Å². The number of carbonyl (C=O) groups excluding carboxylic acids is 3. The molecule has 0 spiro atoms. The predicted molar refractivity (Wildman–Crippen MR) is 190 cm³/mol. The highest BCUT2D eigenvalue weighted by molar-refractivity contribution is 5.99. The Balaban J connectivity index is 0.000000428. The van der Waals surface area contributed by atoms with E-state index in [4.69, 9.17) is 15.9 Å². The lowest BCUT2D eigenvalue weighted by Crippen LogP contribution is -2.34. The fourth-order valence-electron chi connectivity index (χ4n) is 4.99. The van der Waals surface area contributed by atoms with Crippen molar-refractivity contribution in [3.63, 3.8) is 0 Å². The van der Waals surface area contributed by atoms with Gasteiger partial charge < -0.3 is 25.1 Å². The number of hydrogen-bond donors (Lipinski definition) is 3. The molecule has 4 aromatic carbocycles. The minimum atomic E-state index is -5.62. The number of nitrogens with zero attached hydrogens (tertiary/aromatic N) is 2. The topological polar surface area (TPSA) is 136 Å². The maximum absolute atomic E-state index is 13.6. The lowest BCUT2D eigenvalue weighted by atomic mass is 10.1. The molecule has 0 radical (unpaired) electrons. The first-order chi connectivity index (χ1) is 25.2. The number of nitrogens with one attached hydrogen (secondary N) is 2. The van der Waals surface area contributed by atoms with E-state index >= 15 is 0 Å². The molecular weight excluding hydrogens is 720 g/mol. The van der Waals surface area contributed by atoms with Crippen LogP contribution in [-0.2, 0) is 34.0 Å². The summed E-state index contributed by atoms with van der Waals surface area (Å²) >= 11 is 0. The van der Waals surface area contributed by atoms with Gasteiger partial charge in [0.05, 0.1) is 21.1 Å². The van der Waals surface area contributed by atoms with E-state index in [1.807, 2.05) is 83.4 Å². The Bertz CT molecular complexity index is 2100. The molecule has 0 saturated heterocycles. The average Bonchev–Trinajstić information content (AvgIpc) is 3.46. The first-order valence-electron chi connectivity index (χ1n) is 16.0. The normalized spacial score (nSPS) is 11.6. The van der Waals surface area contributed by atoms with E-state index in [1.54, 1.807) is 0 Å². The number of quaternary nitrogens is 1. The Morgan fingerprint density at radius 3 is 1.94 bits per heavy atom. The van der Waals surface area contributed by atoms with Crippen molar-refractivity contribution in [1.82, 2.24) is 14.4 Å². The van der Waals surface area contributed by atoms with Gasteiger partial charge in [0.2, 0.25) is 0 Å². The smallest absolute Gasteiger partial charge is 0.489 e. The number of amides is 1. The van der Waals surface area contributed by atoms with Crippen LogP contribution in [0.5, 0.6) is 5.75 Å². The molecule has 54 heavy (non-hydrogen) atoms. The average molecular weight is 757 g/mol. The molecule has 5 rings (SSSR count). The Labute approximate surface area is 305 Å². The van der Waals surface area contributed by atoms with E-state index in [0.717, 1.165) is 37.8 Å². The fourth-order valence-corrected chi connectivity index (χ4v) is 4.99. The van der Waals surface area contributed by atoms with Gasteiger partial charge in [0, 0.05) is 29.6 Å². The van der Waals surface area contributed by atoms with Gasteiger partial charge in [-0.3, -0.25) is 14.7 Å². The van der Waals surface area contributed by atoms with Gasteiger partial charge in [-0.15, -0.1) is 0 Å². The zero-order valence-corrected chi connectivity index (χ0v) is 29.2. The molecule has 1 heterocycles. The number of aromatic nitrogens is 1. The van der Waals surface area contributed by atoms with Crippen molar-refractivity contribution in [2.45, 2.75) is 32.0 Å². The monoisotopic (exact) mass is 756 g/mol. The van der Waals surface area contributed by atoms with Gasteiger partial charge in [-0.1, -0.05) is 60.7 Å². The number of carbonyl (C=O) groups is 3. The highest BCUT2D eigenvalue weighted by atomic mass is 19.4. The maximum Gasteiger partial charge on any atom is 0.491 e. The number of esters is 2. The first-order valence-corrected chi connectivity index (χ1v) is 16.0. The summed E-state index contributed by atoms with van der Waals surface area (Å²) in [6.07, 6.45) is -11.2. The molecule has 0 atom stereocenters. The van der Waals surface area contributed by atoms with Crippen molar-refractivity contribution >= 4 is 40.3 Å². The zero-order chi connectivity index (χ0) is 39.8. The summed E-state index contributed by atoms with van der Waals surface area (Å²) in [6.45, 7) is 1.34. The van der Waals surface area contributed by atoms with Gasteiger partial charge in [-0.2, -0.15) is 26.3 Å². The summed E-state index contributed by atoms with van der Waals surface area (Å²) < 4.78 is 78.5. The molecule has 0 aliphatic carbocycles. The summed E-state index contributed by atoms with van der Waals surface area (Å²) in [5.41, 5.74) is 12.1. The maximum atomic E-state index is 13.6. The molecule has 0 aliphatic rings. The molecule has 0 saturated carbocycles. The lowest BCUT2D eigenvalue weighted by Gasteiger charge is -2.23. The number of nitrogens with two attached hydrogens (primary N) is 1. The van der Waals surface area contributed by atoms with Crippen molar-refractivity contribution in [1.29, 1.82) is 5.41 Å². The fraction of sp³-hybridized carbons (Fsp3) is 0.211. The van der Waals surface area contributed by atoms with Crippen LogP contribution in [0.1, 0.15) is 32.7 Å². The van der Waals surface area contributed by atoms with E-state index in [1.165, 1.54) is 5.69 Å². The van der Waals surface area contributed by atoms with Crippen LogP contribution < -0.4 is 20.3 Å². The van der Waals surface area contributed by atoms with E-state index in [9.17, 15) is 40.7 Å². The van der Waals surface area contributed by atoms with Gasteiger partial charge in [-0.05, 0) is 59.2 Å². The minimum Gasteiger partial charge on any atom is -0.489 e. The quantitative estimate of drug-likeness (QED) is 0.0356. The van der Waals surface area contributed by atoms with Crippen molar-refractivity contribution in [2.24, 2.45) is 5.73 Å². The molecule has 284 valence electrons. The van der Waals surface area contributed by atoms with Crippen LogP contribution >= 0.6 is 0 Å². The van der Waals surface area contributed by atoms with E-state index in [-0.39, 0.29) is 11.7 Å². The van der Waals surface area contributed by atoms with Crippen LogP contribution in [0.3, 0.4) is 0 Å². The Hall–Kier alpha value is -6.16. The molecule has 0 bridgehead atoms. The summed E-state index contributed by atoms with van der Waals surface area (Å²) in [5, 5.41) is 11.8. The number of fused-ring (bicyclic) bond motifs is 1. The largest absolute Gasteiger partial charge is 0.491 e. The third-order valence-corrected chi connectivity index (χ3v) is 7.74. The zero-order valence-electron chi connectivity index (χ0n) is 29.2. The van der Waals surface area contributed by atoms with E-state index in [2.05, 4.69) is 55.5 Å². The molecule has 1 amide bonds. The molecule has 5 aromatic rings. The van der Waals surface area contributed by atoms with E-state index in [0.29, 0.717) is 31.0 Å². The second-order valence-corrected chi connectivity index (χ2v) is 12.8. The summed E-state index contributed by atoms with van der Waals surface area (Å²) in [6, 6.07) is 33.7. The molecule has 4 N–H and O–H groups in total. The first kappa shape index (κ1) is 40.6. The van der Waals surface area contributed by atoms with Crippen LogP contribution in [0.4, 0.5) is 32.0 Å². The second kappa shape index (κ2) is 16.7. The summed E-state index contributed by atoms with van der Waals surface area (Å²) in [7, 11) is 6.37. The Morgan fingerprint density at radius 2 is 1.37 bits per heavy atom. The molecule has 0 aliphatic heterocycles. The summed E-state index contributed by atoms with van der Waals surface area (Å²) in [4.78, 5) is 32.9. The van der Waals surface area contributed by atoms with Crippen molar-refractivity contribution in [3.8, 4) is 5.75 Å². The molecule has 0 fully saturated rings. The standard InChI is InChI=1S/C34H35N5O2.C4F6O3/c1-39(2,3)29-14-12-24(13-15-29)21-37-34(40)32-20-28-19-30(41-23-25-8-5-4-6-9-25)16-17-31(28)38(32)22-26-10-7-11-27(18-26)33(35)36;5-3(6,7)1(11)13-2(12)4(8,9)10/h4-20H,21-23H2,1-3H3,(H3-,35,36,37,40);/p+1. The molecule has 1 aromatic heterocycles. The van der Waals surface area contributed by atoms with Crippen molar-refractivity contribution in [2.75, 3.05) is 21.1 Å². The highest BCUT2D eigenvalue weighted by Gasteiger charge is 2.49. The lowest BCUT2D eigenvalue weighted by molar-refractivity contribution is -0.221. The molecule has 0 unspecified atom stereocenters. The number of ether oxygens (including phenoxy) is 2. The van der Waals surface area contributed by atoms with Gasteiger partial charge in [0.1, 0.15) is 29.6 Å². The molecule has 16 heteroatoms. The van der Waals surface area contributed by atoms with Crippen LogP contribution in [0.25, 0.3) is 10.9 Å². The number of alkyl halides is 6. The number of benzene rings is 4. The van der Waals surface area contributed by atoms with Gasteiger partial charge in [0.25, 0.3) is 5.91 Å². The van der Waals surface area contributed by atoms with Gasteiger partial charge in [0.15, 0.2) is 0 Å². The Morgan fingerprint density at radius 1 is 0.759 bits per heavy atom. The van der Waals surface area contributed by atoms with Crippen molar-refractivity contribution < 1.29 is 50.2 Å². The van der Waals surface area contributed by atoms with Crippen molar-refractivity contribution in [3.05, 3.63) is 131 Å². The number of rotatable bonds is 10. The van der Waals surface area contributed by atoms with Crippen LogP contribution in [0.2, 0.25) is 0 Å². The SMILES string of the molecule is C[N+](C)(C)c1ccc(CNC(=O)c2cc3cc(OCc4ccccc4)ccc3n2Cc2cccc(C(=N)N)c2)cc1.O=C(OC(=O)C(F)(F)F)C(F)(F)F. The third-order valence-electron chi connectivity index (χ3n) is 7.74. The van der Waals surface area contributed by atoms with Crippen LogP contribution in [-0.4, -0.2) is 61.7 Å². The third kappa shape index (κ3) is 11.2. The minimum absolute atomic E-state index is 0.0127. The van der Waals surface area contributed by atoms with Crippen LogP contribution in [0.15, 0.2) is 103 Å². The summed E-state index contributed by atoms with van der Waals surface area (Å²) in [5.74, 6) is -5.81. The molecule has 10 nitrogen and oxygen atoms in total. The number of hydrogen-bond acceptors (Lipinski definition) is 6. The number of amidine groups is 1. The number of nitrogen functional groups attached to an aromatic ring is 1.